The highest BCUT2D eigenvalue weighted by atomic mass is 32.1. The van der Waals surface area contributed by atoms with Crippen molar-refractivity contribution in [3.05, 3.63) is 94.3 Å². The van der Waals surface area contributed by atoms with E-state index in [0.29, 0.717) is 16.3 Å². The number of hydrogen-bond donors (Lipinski definition) is 2. The molecule has 0 fully saturated rings. The molecule has 0 spiro atoms. The summed E-state index contributed by atoms with van der Waals surface area (Å²) in [6.45, 7) is 3.90. The number of aliphatic carboxylic acids is 1. The fourth-order valence-electron chi connectivity index (χ4n) is 4.56. The third-order valence-electron chi connectivity index (χ3n) is 6.41. The zero-order valence-corrected chi connectivity index (χ0v) is 21.2. The van der Waals surface area contributed by atoms with E-state index in [9.17, 15) is 19.5 Å². The lowest BCUT2D eigenvalue weighted by Gasteiger charge is -2.27. The van der Waals surface area contributed by atoms with Crippen molar-refractivity contribution in [2.45, 2.75) is 26.4 Å². The molecule has 0 saturated carbocycles. The molecule has 0 unspecified atom stereocenters. The summed E-state index contributed by atoms with van der Waals surface area (Å²) in [5, 5.41) is 14.7. The largest absolute Gasteiger partial charge is 0.480 e. The fraction of sp³-hybridized carbons (Fsp3) is 0.172. The van der Waals surface area contributed by atoms with Gasteiger partial charge >= 0.3 is 5.97 Å². The number of carboxylic acids is 1. The molecule has 1 aliphatic rings. The summed E-state index contributed by atoms with van der Waals surface area (Å²) in [5.41, 5.74) is 5.43. The summed E-state index contributed by atoms with van der Waals surface area (Å²) < 4.78 is 0. The number of carbonyl (C=O) groups is 3. The Hall–Kier alpha value is -4.30. The molecule has 186 valence electrons. The van der Waals surface area contributed by atoms with E-state index < -0.39 is 12.0 Å². The second kappa shape index (κ2) is 9.99. The van der Waals surface area contributed by atoms with Crippen LogP contribution < -0.4 is 5.32 Å². The Balaban J connectivity index is 1.29. The van der Waals surface area contributed by atoms with Gasteiger partial charge in [-0.05, 0) is 40.8 Å². The molecule has 2 N–H and O–H groups in total. The monoisotopic (exact) mass is 511 g/mol. The minimum absolute atomic E-state index is 0.202. The molecule has 2 heterocycles. The summed E-state index contributed by atoms with van der Waals surface area (Å²) in [7, 11) is 0. The average Bonchev–Trinajstić information content (AvgIpc) is 3.50. The quantitative estimate of drug-likeness (QED) is 0.327. The van der Waals surface area contributed by atoms with Crippen LogP contribution in [0.15, 0.2) is 78.2 Å². The van der Waals surface area contributed by atoms with E-state index in [1.807, 2.05) is 66.0 Å². The number of anilines is 1. The molecule has 7 nitrogen and oxygen atoms in total. The van der Waals surface area contributed by atoms with Gasteiger partial charge in [0.05, 0.1) is 5.69 Å². The molecular weight excluding hydrogens is 486 g/mol. The van der Waals surface area contributed by atoms with Crippen LogP contribution >= 0.6 is 11.3 Å². The van der Waals surface area contributed by atoms with E-state index in [4.69, 9.17) is 0 Å². The number of nitrogens with one attached hydrogen (secondary N) is 1. The van der Waals surface area contributed by atoms with Crippen LogP contribution in [0.2, 0.25) is 0 Å². The zero-order valence-electron chi connectivity index (χ0n) is 20.3. The van der Waals surface area contributed by atoms with Crippen molar-refractivity contribution < 1.29 is 19.5 Å². The van der Waals surface area contributed by atoms with Gasteiger partial charge in [-0.3, -0.25) is 9.59 Å². The van der Waals surface area contributed by atoms with E-state index in [2.05, 4.69) is 10.3 Å². The van der Waals surface area contributed by atoms with Gasteiger partial charge in [0.2, 0.25) is 0 Å². The molecule has 3 aromatic carbocycles. The lowest BCUT2D eigenvalue weighted by molar-refractivity contribution is -0.144. The molecule has 1 aromatic heterocycles. The van der Waals surface area contributed by atoms with Gasteiger partial charge in [-0.25, -0.2) is 9.78 Å². The Morgan fingerprint density at radius 3 is 2.35 bits per heavy atom. The maximum Gasteiger partial charge on any atom is 0.326 e. The molecule has 8 heteroatoms. The minimum atomic E-state index is -0.997. The Kier molecular flexibility index (Phi) is 6.58. The highest BCUT2D eigenvalue weighted by molar-refractivity contribution is 7.12. The molecule has 1 aliphatic heterocycles. The number of aromatic nitrogens is 1. The third-order valence-corrected chi connectivity index (χ3v) is 7.25. The first-order valence-corrected chi connectivity index (χ1v) is 12.8. The van der Waals surface area contributed by atoms with Crippen LogP contribution in [0, 0.1) is 5.92 Å². The number of fused-ring (bicyclic) bond motifs is 1. The van der Waals surface area contributed by atoms with Gasteiger partial charge < -0.3 is 15.3 Å². The van der Waals surface area contributed by atoms with Gasteiger partial charge in [0.1, 0.15) is 6.04 Å². The number of carbonyl (C=O) groups excluding carboxylic acids is 2. The number of nitrogens with zero attached hydrogens (tertiary/aromatic N) is 2. The third kappa shape index (κ3) is 4.88. The molecule has 0 bridgehead atoms. The highest BCUT2D eigenvalue weighted by Crippen LogP contribution is 2.32. The number of rotatable bonds is 7. The summed E-state index contributed by atoms with van der Waals surface area (Å²) in [6.07, 6.45) is 0. The summed E-state index contributed by atoms with van der Waals surface area (Å²) in [5.74, 6) is -1.74. The van der Waals surface area contributed by atoms with Gasteiger partial charge in [-0.2, -0.15) is 0 Å². The molecule has 2 amide bonds. The topological polar surface area (TPSA) is 99.6 Å². The lowest BCUT2D eigenvalue weighted by Crippen LogP contribution is -2.44. The van der Waals surface area contributed by atoms with E-state index in [1.54, 1.807) is 26.0 Å². The van der Waals surface area contributed by atoms with Crippen molar-refractivity contribution in [3.8, 4) is 22.4 Å². The van der Waals surface area contributed by atoms with Crippen molar-refractivity contribution >= 4 is 34.8 Å². The SMILES string of the molecule is CC(C)[C@@H](C(=O)O)N1Cc2ccc(-c3ccc(NC(=O)c4nc(-c5ccccc5)cs4)cc3)cc2C1=O. The van der Waals surface area contributed by atoms with Crippen LogP contribution in [-0.4, -0.2) is 38.8 Å². The first-order valence-electron chi connectivity index (χ1n) is 11.9. The molecule has 5 rings (SSSR count). The molecular formula is C29H25N3O4S. The number of amides is 2. The maximum atomic E-state index is 13.0. The van der Waals surface area contributed by atoms with Crippen molar-refractivity contribution in [1.29, 1.82) is 0 Å². The molecule has 0 aliphatic carbocycles. The standard InChI is InChI=1S/C29H25N3O4S/c1-17(2)25(29(35)36)32-15-21-9-8-20(14-23(21)28(32)34)18-10-12-22(13-11-18)30-26(33)27-31-24(16-37-27)19-6-4-3-5-7-19/h3-14,16-17,25H,15H2,1-2H3,(H,30,33)(H,35,36)/t25-/m0/s1. The summed E-state index contributed by atoms with van der Waals surface area (Å²) in [4.78, 5) is 43.4. The average molecular weight is 512 g/mol. The number of hydrogen-bond acceptors (Lipinski definition) is 5. The van der Waals surface area contributed by atoms with Crippen LogP contribution in [0.4, 0.5) is 5.69 Å². The van der Waals surface area contributed by atoms with Crippen molar-refractivity contribution in [2.24, 2.45) is 5.92 Å². The smallest absolute Gasteiger partial charge is 0.326 e. The lowest BCUT2D eigenvalue weighted by atomic mass is 10.00. The summed E-state index contributed by atoms with van der Waals surface area (Å²) in [6, 6.07) is 21.8. The predicted molar refractivity (Wildman–Crippen MR) is 144 cm³/mol. The van der Waals surface area contributed by atoms with Gasteiger partial charge in [0.25, 0.3) is 11.8 Å². The van der Waals surface area contributed by atoms with Crippen LogP contribution in [0.3, 0.4) is 0 Å². The van der Waals surface area contributed by atoms with Gasteiger partial charge in [-0.15, -0.1) is 11.3 Å². The van der Waals surface area contributed by atoms with Crippen LogP contribution in [-0.2, 0) is 11.3 Å². The second-order valence-corrected chi connectivity index (χ2v) is 10.1. The van der Waals surface area contributed by atoms with Crippen LogP contribution in [0.5, 0.6) is 0 Å². The van der Waals surface area contributed by atoms with Crippen molar-refractivity contribution in [1.82, 2.24) is 9.88 Å². The van der Waals surface area contributed by atoms with E-state index in [-0.39, 0.29) is 24.3 Å². The van der Waals surface area contributed by atoms with Gasteiger partial charge in [0.15, 0.2) is 5.01 Å². The summed E-state index contributed by atoms with van der Waals surface area (Å²) >= 11 is 1.29. The first-order chi connectivity index (χ1) is 17.8. The molecule has 37 heavy (non-hydrogen) atoms. The van der Waals surface area contributed by atoms with E-state index in [1.165, 1.54) is 16.2 Å². The van der Waals surface area contributed by atoms with Gasteiger partial charge in [-0.1, -0.05) is 68.4 Å². The van der Waals surface area contributed by atoms with Gasteiger partial charge in [0, 0.05) is 28.7 Å². The molecule has 1 atom stereocenters. The van der Waals surface area contributed by atoms with E-state index in [0.717, 1.165) is 27.9 Å². The number of carboxylic acid groups (broad SMARTS) is 1. The maximum absolute atomic E-state index is 13.0. The number of benzene rings is 3. The van der Waals surface area contributed by atoms with Crippen LogP contribution in [0.1, 0.15) is 39.6 Å². The fourth-order valence-corrected chi connectivity index (χ4v) is 5.28. The Morgan fingerprint density at radius 1 is 0.973 bits per heavy atom. The molecule has 0 saturated heterocycles. The molecule has 4 aromatic rings. The minimum Gasteiger partial charge on any atom is -0.480 e. The predicted octanol–water partition coefficient (Wildman–Crippen LogP) is 5.79. The Morgan fingerprint density at radius 2 is 1.68 bits per heavy atom. The second-order valence-electron chi connectivity index (χ2n) is 9.27. The first kappa shape index (κ1) is 24.4. The van der Waals surface area contributed by atoms with Crippen LogP contribution in [0.25, 0.3) is 22.4 Å². The van der Waals surface area contributed by atoms with Crippen molar-refractivity contribution in [2.75, 3.05) is 5.32 Å². The normalized spacial score (nSPS) is 13.5. The van der Waals surface area contributed by atoms with E-state index >= 15 is 0 Å². The highest BCUT2D eigenvalue weighted by Gasteiger charge is 2.38. The molecule has 0 radical (unpaired) electrons. The Bertz CT molecular complexity index is 1480. The van der Waals surface area contributed by atoms with Crippen molar-refractivity contribution in [3.63, 3.8) is 0 Å². The number of thiazole rings is 1. The Labute approximate surface area is 218 Å². The zero-order chi connectivity index (χ0) is 26.1.